The maximum atomic E-state index is 12.5. The number of amides is 1. The molecular weight excluding hydrogens is 328 g/mol. The number of rotatable bonds is 3. The van der Waals surface area contributed by atoms with E-state index in [9.17, 15) is 4.79 Å². The molecule has 3 aromatic heterocycles. The summed E-state index contributed by atoms with van der Waals surface area (Å²) in [7, 11) is 0. The molecule has 3 heterocycles. The number of pyridine rings is 1. The van der Waals surface area contributed by atoms with E-state index >= 15 is 0 Å². The van der Waals surface area contributed by atoms with Crippen molar-refractivity contribution in [1.82, 2.24) is 19.9 Å². The highest BCUT2D eigenvalue weighted by molar-refractivity contribution is 6.35. The van der Waals surface area contributed by atoms with Gasteiger partial charge in [-0.25, -0.2) is 0 Å². The van der Waals surface area contributed by atoms with Gasteiger partial charge < -0.3 is 9.73 Å². The van der Waals surface area contributed by atoms with E-state index in [4.69, 9.17) is 16.0 Å². The molecular formula is C17H13ClN4O2. The maximum Gasteiger partial charge on any atom is 0.287 e. The van der Waals surface area contributed by atoms with Gasteiger partial charge in [-0.2, -0.15) is 0 Å². The van der Waals surface area contributed by atoms with Gasteiger partial charge in [-0.05, 0) is 25.1 Å². The molecule has 6 nitrogen and oxygen atoms in total. The Morgan fingerprint density at radius 3 is 2.96 bits per heavy atom. The van der Waals surface area contributed by atoms with Crippen molar-refractivity contribution in [3.05, 3.63) is 64.8 Å². The van der Waals surface area contributed by atoms with Gasteiger partial charge in [0.1, 0.15) is 0 Å². The smallest absolute Gasteiger partial charge is 0.287 e. The quantitative estimate of drug-likeness (QED) is 0.620. The fourth-order valence-corrected chi connectivity index (χ4v) is 2.89. The lowest BCUT2D eigenvalue weighted by Crippen LogP contribution is -2.24. The molecule has 0 aliphatic heterocycles. The maximum absolute atomic E-state index is 12.5. The monoisotopic (exact) mass is 340 g/mol. The van der Waals surface area contributed by atoms with Gasteiger partial charge in [0.05, 0.1) is 11.6 Å². The first-order valence-electron chi connectivity index (χ1n) is 7.39. The first-order chi connectivity index (χ1) is 11.6. The Morgan fingerprint density at radius 2 is 2.12 bits per heavy atom. The van der Waals surface area contributed by atoms with Gasteiger partial charge in [-0.3, -0.25) is 9.20 Å². The molecule has 1 aromatic carbocycles. The lowest BCUT2D eigenvalue weighted by Gasteiger charge is -2.02. The lowest BCUT2D eigenvalue weighted by molar-refractivity contribution is 0.0923. The van der Waals surface area contributed by atoms with Gasteiger partial charge in [-0.15, -0.1) is 10.2 Å². The van der Waals surface area contributed by atoms with E-state index in [2.05, 4.69) is 15.5 Å². The lowest BCUT2D eigenvalue weighted by atomic mass is 10.1. The summed E-state index contributed by atoms with van der Waals surface area (Å²) in [5, 5.41) is 12.3. The highest BCUT2D eigenvalue weighted by Crippen LogP contribution is 2.30. The molecule has 0 bridgehead atoms. The van der Waals surface area contributed by atoms with Crippen LogP contribution in [0.15, 0.2) is 47.0 Å². The van der Waals surface area contributed by atoms with Crippen molar-refractivity contribution in [1.29, 1.82) is 0 Å². The molecule has 120 valence electrons. The molecule has 24 heavy (non-hydrogen) atoms. The third-order valence-corrected chi connectivity index (χ3v) is 4.21. The number of nitrogens with one attached hydrogen (secondary N) is 1. The number of aromatic nitrogens is 3. The van der Waals surface area contributed by atoms with Crippen molar-refractivity contribution in [2.24, 2.45) is 0 Å². The minimum atomic E-state index is -0.313. The number of carbonyl (C=O) groups excluding carboxylic acids is 1. The molecule has 4 aromatic rings. The molecule has 0 fully saturated rings. The van der Waals surface area contributed by atoms with Gasteiger partial charge in [-0.1, -0.05) is 29.8 Å². The molecule has 1 amide bonds. The fraction of sp³-hybridized carbons (Fsp3) is 0.118. The average molecular weight is 341 g/mol. The van der Waals surface area contributed by atoms with Crippen LogP contribution in [0.1, 0.15) is 21.9 Å². The zero-order valence-corrected chi connectivity index (χ0v) is 13.5. The Kier molecular flexibility index (Phi) is 3.46. The van der Waals surface area contributed by atoms with Crippen LogP contribution in [0, 0.1) is 6.92 Å². The van der Waals surface area contributed by atoms with Crippen LogP contribution in [0.25, 0.3) is 16.6 Å². The molecule has 1 N–H and O–H groups in total. The number of para-hydroxylation sites is 1. The van der Waals surface area contributed by atoms with Crippen molar-refractivity contribution >= 4 is 34.1 Å². The molecule has 0 radical (unpaired) electrons. The standard InChI is InChI=1S/C17H13ClN4O2/c1-10-11-5-4-6-12(18)16(11)24-15(10)17(23)19-9-14-21-20-13-7-2-3-8-22(13)14/h2-8H,9H2,1H3,(H,19,23). The van der Waals surface area contributed by atoms with Gasteiger partial charge in [0.25, 0.3) is 5.91 Å². The molecule has 7 heteroatoms. The molecule has 0 spiro atoms. The van der Waals surface area contributed by atoms with Crippen molar-refractivity contribution in [3.63, 3.8) is 0 Å². The number of fused-ring (bicyclic) bond motifs is 2. The van der Waals surface area contributed by atoms with Crippen LogP contribution in [0.3, 0.4) is 0 Å². The molecule has 0 aliphatic carbocycles. The van der Waals surface area contributed by atoms with E-state index in [1.807, 2.05) is 47.9 Å². The summed E-state index contributed by atoms with van der Waals surface area (Å²) in [6, 6.07) is 11.1. The normalized spacial score (nSPS) is 11.2. The Bertz CT molecular complexity index is 1070. The fourth-order valence-electron chi connectivity index (χ4n) is 2.68. The van der Waals surface area contributed by atoms with Gasteiger partial charge in [0, 0.05) is 17.1 Å². The third kappa shape index (κ3) is 2.32. The van der Waals surface area contributed by atoms with E-state index in [-0.39, 0.29) is 18.2 Å². The molecule has 0 unspecified atom stereocenters. The minimum Gasteiger partial charge on any atom is -0.449 e. The zero-order chi connectivity index (χ0) is 16.7. The summed E-state index contributed by atoms with van der Waals surface area (Å²) in [5.74, 6) is 0.588. The van der Waals surface area contributed by atoms with Crippen LogP contribution < -0.4 is 5.32 Å². The Balaban J connectivity index is 1.61. The van der Waals surface area contributed by atoms with Gasteiger partial charge >= 0.3 is 0 Å². The van der Waals surface area contributed by atoms with E-state index in [0.717, 1.165) is 16.6 Å². The van der Waals surface area contributed by atoms with E-state index in [0.29, 0.717) is 16.4 Å². The summed E-state index contributed by atoms with van der Waals surface area (Å²) in [6.45, 7) is 2.08. The summed E-state index contributed by atoms with van der Waals surface area (Å²) in [4.78, 5) is 12.5. The van der Waals surface area contributed by atoms with Crippen molar-refractivity contribution in [3.8, 4) is 0 Å². The van der Waals surface area contributed by atoms with Crippen molar-refractivity contribution in [2.75, 3.05) is 0 Å². The first-order valence-corrected chi connectivity index (χ1v) is 7.77. The predicted molar refractivity (Wildman–Crippen MR) is 90.1 cm³/mol. The summed E-state index contributed by atoms with van der Waals surface area (Å²) in [6.07, 6.45) is 1.85. The van der Waals surface area contributed by atoms with Crippen LogP contribution in [0.2, 0.25) is 5.02 Å². The van der Waals surface area contributed by atoms with Crippen LogP contribution in [0.4, 0.5) is 0 Å². The molecule has 0 aliphatic rings. The second-order valence-corrected chi connectivity index (χ2v) is 5.81. The number of hydrogen-bond acceptors (Lipinski definition) is 4. The van der Waals surface area contributed by atoms with E-state index in [1.165, 1.54) is 0 Å². The Morgan fingerprint density at radius 1 is 1.25 bits per heavy atom. The summed E-state index contributed by atoms with van der Waals surface area (Å²) >= 11 is 6.12. The Labute approximate surface area is 142 Å². The number of carbonyl (C=O) groups is 1. The topological polar surface area (TPSA) is 72.4 Å². The summed E-state index contributed by atoms with van der Waals surface area (Å²) in [5.41, 5.74) is 2.01. The van der Waals surface area contributed by atoms with Crippen LogP contribution in [-0.2, 0) is 6.54 Å². The molecule has 0 saturated heterocycles. The molecule has 4 rings (SSSR count). The second-order valence-electron chi connectivity index (χ2n) is 5.40. The predicted octanol–water partition coefficient (Wildman–Crippen LogP) is 3.37. The minimum absolute atomic E-state index is 0.244. The number of furan rings is 1. The molecule has 0 saturated carbocycles. The molecule has 0 atom stereocenters. The number of halogens is 1. The third-order valence-electron chi connectivity index (χ3n) is 3.91. The zero-order valence-electron chi connectivity index (χ0n) is 12.8. The average Bonchev–Trinajstić information content (AvgIpc) is 3.16. The van der Waals surface area contributed by atoms with E-state index < -0.39 is 0 Å². The second kappa shape index (κ2) is 5.65. The summed E-state index contributed by atoms with van der Waals surface area (Å²) < 4.78 is 7.48. The van der Waals surface area contributed by atoms with Crippen molar-refractivity contribution < 1.29 is 9.21 Å². The first kappa shape index (κ1) is 14.7. The van der Waals surface area contributed by atoms with Crippen LogP contribution in [0.5, 0.6) is 0 Å². The number of hydrogen-bond donors (Lipinski definition) is 1. The van der Waals surface area contributed by atoms with Gasteiger partial charge in [0.15, 0.2) is 22.8 Å². The SMILES string of the molecule is Cc1c(C(=O)NCc2nnc3ccccn23)oc2c(Cl)cccc12. The number of aryl methyl sites for hydroxylation is 1. The highest BCUT2D eigenvalue weighted by Gasteiger charge is 2.19. The highest BCUT2D eigenvalue weighted by atomic mass is 35.5. The van der Waals surface area contributed by atoms with Crippen LogP contribution >= 0.6 is 11.6 Å². The number of nitrogens with zero attached hydrogens (tertiary/aromatic N) is 3. The van der Waals surface area contributed by atoms with Gasteiger partial charge in [0.2, 0.25) is 0 Å². The Hall–Kier alpha value is -2.86. The number of benzene rings is 1. The van der Waals surface area contributed by atoms with Crippen LogP contribution in [-0.4, -0.2) is 20.5 Å². The van der Waals surface area contributed by atoms with E-state index in [1.54, 1.807) is 6.07 Å². The van der Waals surface area contributed by atoms with Crippen molar-refractivity contribution in [2.45, 2.75) is 13.5 Å². The largest absolute Gasteiger partial charge is 0.449 e.